The number of sulfone groups is 1. The maximum atomic E-state index is 11.9. The van der Waals surface area contributed by atoms with Crippen LogP contribution in [-0.4, -0.2) is 37.5 Å². The van der Waals surface area contributed by atoms with Gasteiger partial charge < -0.3 is 9.64 Å². The first kappa shape index (κ1) is 18.1. The van der Waals surface area contributed by atoms with Crippen molar-refractivity contribution in [1.29, 1.82) is 5.26 Å². The minimum absolute atomic E-state index is 0.211. The second kappa shape index (κ2) is 7.30. The van der Waals surface area contributed by atoms with Crippen LogP contribution in [0.3, 0.4) is 0 Å². The molecule has 8 heteroatoms. The summed E-state index contributed by atoms with van der Waals surface area (Å²) in [5.41, 5.74) is 1.04. The van der Waals surface area contributed by atoms with Crippen LogP contribution in [0.1, 0.15) is 31.0 Å². The third-order valence-corrected chi connectivity index (χ3v) is 5.22. The first-order chi connectivity index (χ1) is 12.4. The van der Waals surface area contributed by atoms with E-state index in [0.717, 1.165) is 18.4 Å². The van der Waals surface area contributed by atoms with Crippen molar-refractivity contribution < 1.29 is 13.2 Å². The van der Waals surface area contributed by atoms with Crippen LogP contribution >= 0.6 is 0 Å². The van der Waals surface area contributed by atoms with Crippen LogP contribution in [0.15, 0.2) is 35.2 Å². The smallest absolute Gasteiger partial charge is 0.175 e. The molecule has 1 fully saturated rings. The highest BCUT2D eigenvalue weighted by atomic mass is 32.2. The Labute approximate surface area is 153 Å². The van der Waals surface area contributed by atoms with Gasteiger partial charge in [0.2, 0.25) is 0 Å². The number of anilines is 1. The topological polar surface area (TPSA) is 96.2 Å². The maximum absolute atomic E-state index is 11.9. The zero-order valence-electron chi connectivity index (χ0n) is 14.7. The SMILES string of the molecule is CCN(Cc1cc(S(C)(=O)=O)ccc1OC1CC1)c1ccc(C#N)nn1. The van der Waals surface area contributed by atoms with Gasteiger partial charge in [0.05, 0.1) is 11.0 Å². The number of hydrogen-bond acceptors (Lipinski definition) is 7. The van der Waals surface area contributed by atoms with E-state index in [-0.39, 0.29) is 16.7 Å². The molecule has 1 saturated carbocycles. The first-order valence-corrected chi connectivity index (χ1v) is 10.3. The fourth-order valence-electron chi connectivity index (χ4n) is 2.50. The predicted molar refractivity (Wildman–Crippen MR) is 96.7 cm³/mol. The van der Waals surface area contributed by atoms with Crippen molar-refractivity contribution in [2.75, 3.05) is 17.7 Å². The highest BCUT2D eigenvalue weighted by Crippen LogP contribution is 2.31. The van der Waals surface area contributed by atoms with E-state index in [9.17, 15) is 8.42 Å². The molecule has 1 aromatic carbocycles. The molecule has 136 valence electrons. The molecule has 0 bridgehead atoms. The van der Waals surface area contributed by atoms with Crippen molar-refractivity contribution in [1.82, 2.24) is 10.2 Å². The van der Waals surface area contributed by atoms with Crippen molar-refractivity contribution in [3.8, 4) is 11.8 Å². The van der Waals surface area contributed by atoms with E-state index in [1.165, 1.54) is 6.26 Å². The van der Waals surface area contributed by atoms with E-state index in [2.05, 4.69) is 10.2 Å². The molecule has 26 heavy (non-hydrogen) atoms. The minimum atomic E-state index is -3.31. The lowest BCUT2D eigenvalue weighted by Gasteiger charge is -2.23. The molecule has 0 radical (unpaired) electrons. The minimum Gasteiger partial charge on any atom is -0.490 e. The Hall–Kier alpha value is -2.66. The molecule has 1 aromatic heterocycles. The summed E-state index contributed by atoms with van der Waals surface area (Å²) in [6, 6.07) is 10.2. The molecule has 0 saturated heterocycles. The molecule has 7 nitrogen and oxygen atoms in total. The molecule has 0 atom stereocenters. The van der Waals surface area contributed by atoms with Gasteiger partial charge in [-0.15, -0.1) is 10.2 Å². The highest BCUT2D eigenvalue weighted by molar-refractivity contribution is 7.90. The fourth-order valence-corrected chi connectivity index (χ4v) is 3.18. The lowest BCUT2D eigenvalue weighted by Crippen LogP contribution is -2.24. The summed E-state index contributed by atoms with van der Waals surface area (Å²) in [4.78, 5) is 2.22. The monoisotopic (exact) mass is 372 g/mol. The molecule has 0 N–H and O–H groups in total. The maximum Gasteiger partial charge on any atom is 0.175 e. The van der Waals surface area contributed by atoms with E-state index in [1.807, 2.05) is 17.9 Å². The average Bonchev–Trinajstić information content (AvgIpc) is 3.44. The molecule has 1 aliphatic rings. The zero-order valence-corrected chi connectivity index (χ0v) is 15.5. The van der Waals surface area contributed by atoms with Crippen LogP contribution < -0.4 is 9.64 Å². The summed E-state index contributed by atoms with van der Waals surface area (Å²) in [5.74, 6) is 1.31. The molecular formula is C18H20N4O3S. The van der Waals surface area contributed by atoms with Gasteiger partial charge in [0.25, 0.3) is 0 Å². The molecule has 3 rings (SSSR count). The third-order valence-electron chi connectivity index (χ3n) is 4.11. The number of nitriles is 1. The van der Waals surface area contributed by atoms with Crippen molar-refractivity contribution >= 4 is 15.7 Å². The van der Waals surface area contributed by atoms with Crippen molar-refractivity contribution in [3.63, 3.8) is 0 Å². The zero-order chi connectivity index (χ0) is 18.7. The van der Waals surface area contributed by atoms with Crippen LogP contribution in [0.4, 0.5) is 5.82 Å². The van der Waals surface area contributed by atoms with Crippen LogP contribution in [0.5, 0.6) is 5.75 Å². The van der Waals surface area contributed by atoms with Crippen molar-refractivity contribution in [2.24, 2.45) is 0 Å². The molecular weight excluding hydrogens is 352 g/mol. The van der Waals surface area contributed by atoms with Gasteiger partial charge in [-0.3, -0.25) is 0 Å². The molecule has 0 spiro atoms. The Morgan fingerprint density at radius 2 is 2.04 bits per heavy atom. The van der Waals surface area contributed by atoms with E-state index in [1.54, 1.807) is 30.3 Å². The van der Waals surface area contributed by atoms with Gasteiger partial charge in [0.15, 0.2) is 21.3 Å². The van der Waals surface area contributed by atoms with Crippen LogP contribution in [-0.2, 0) is 16.4 Å². The second-order valence-corrected chi connectivity index (χ2v) is 8.28. The quantitative estimate of drug-likeness (QED) is 0.736. The van der Waals surface area contributed by atoms with Gasteiger partial charge in [0.1, 0.15) is 11.8 Å². The van der Waals surface area contributed by atoms with Crippen molar-refractivity contribution in [2.45, 2.75) is 37.3 Å². The van der Waals surface area contributed by atoms with Crippen molar-refractivity contribution in [3.05, 3.63) is 41.6 Å². The molecule has 2 aromatic rings. The lowest BCUT2D eigenvalue weighted by atomic mass is 10.2. The summed E-state index contributed by atoms with van der Waals surface area (Å²) in [6.45, 7) is 3.05. The van der Waals surface area contributed by atoms with E-state index >= 15 is 0 Å². The largest absolute Gasteiger partial charge is 0.490 e. The van der Waals surface area contributed by atoms with Gasteiger partial charge >= 0.3 is 0 Å². The highest BCUT2D eigenvalue weighted by Gasteiger charge is 2.25. The third kappa shape index (κ3) is 4.29. The number of rotatable bonds is 7. The molecule has 1 aliphatic carbocycles. The fraction of sp³-hybridized carbons (Fsp3) is 0.389. The van der Waals surface area contributed by atoms with Crippen LogP contribution in [0.25, 0.3) is 0 Å². The molecule has 0 amide bonds. The van der Waals surface area contributed by atoms with Gasteiger partial charge in [-0.05, 0) is 50.1 Å². The Bertz CT molecular complexity index is 932. The normalized spacial score (nSPS) is 13.9. The van der Waals surface area contributed by atoms with Gasteiger partial charge in [-0.2, -0.15) is 5.26 Å². The second-order valence-electron chi connectivity index (χ2n) is 6.26. The molecule has 0 aliphatic heterocycles. The predicted octanol–water partition coefficient (Wildman–Crippen LogP) is 2.32. The van der Waals surface area contributed by atoms with Crippen LogP contribution in [0, 0.1) is 11.3 Å². The Balaban J connectivity index is 1.92. The van der Waals surface area contributed by atoms with E-state index < -0.39 is 9.84 Å². The summed E-state index contributed by atoms with van der Waals surface area (Å²) in [6.07, 6.45) is 3.44. The Morgan fingerprint density at radius 1 is 1.27 bits per heavy atom. The van der Waals surface area contributed by atoms with E-state index in [4.69, 9.17) is 10.00 Å². The average molecular weight is 372 g/mol. The Kier molecular flexibility index (Phi) is 5.09. The van der Waals surface area contributed by atoms with Crippen LogP contribution in [0.2, 0.25) is 0 Å². The van der Waals surface area contributed by atoms with Gasteiger partial charge in [0, 0.05) is 24.9 Å². The summed E-state index contributed by atoms with van der Waals surface area (Å²) < 4.78 is 29.8. The Morgan fingerprint density at radius 3 is 2.58 bits per heavy atom. The van der Waals surface area contributed by atoms with Gasteiger partial charge in [-0.1, -0.05) is 0 Å². The lowest BCUT2D eigenvalue weighted by molar-refractivity contribution is 0.299. The van der Waals surface area contributed by atoms with Gasteiger partial charge in [-0.25, -0.2) is 8.42 Å². The molecule has 1 heterocycles. The number of ether oxygens (including phenoxy) is 1. The van der Waals surface area contributed by atoms with E-state index in [0.29, 0.717) is 24.7 Å². The summed E-state index contributed by atoms with van der Waals surface area (Å²) in [5, 5.41) is 16.8. The summed E-state index contributed by atoms with van der Waals surface area (Å²) in [7, 11) is -3.31. The number of aromatic nitrogens is 2. The number of benzene rings is 1. The summed E-state index contributed by atoms with van der Waals surface area (Å²) >= 11 is 0. The first-order valence-electron chi connectivity index (χ1n) is 8.39. The standard InChI is InChI=1S/C18H20N4O3S/c1-3-22(18-9-4-14(11-19)20-21-18)12-13-10-16(26(2,23)24)7-8-17(13)25-15-5-6-15/h4,7-10,15H,3,5-6,12H2,1-2H3. The number of hydrogen-bond donors (Lipinski definition) is 0. The number of nitrogens with zero attached hydrogens (tertiary/aromatic N) is 4. The molecule has 0 unspecified atom stereocenters.